The molecule has 2 nitrogen and oxygen atoms in total. The molecule has 0 spiro atoms. The van der Waals surface area contributed by atoms with Gasteiger partial charge in [0.15, 0.2) is 11.6 Å². The highest BCUT2D eigenvalue weighted by atomic mass is 79.9. The van der Waals surface area contributed by atoms with Gasteiger partial charge in [-0.3, -0.25) is 0 Å². The summed E-state index contributed by atoms with van der Waals surface area (Å²) >= 11 is 8.10. The summed E-state index contributed by atoms with van der Waals surface area (Å²) in [7, 11) is 0. The number of anilines is 2. The molecule has 104 valence electrons. The lowest BCUT2D eigenvalue weighted by molar-refractivity contribution is 0.549. The van der Waals surface area contributed by atoms with Gasteiger partial charge in [0.1, 0.15) is 16.5 Å². The first-order chi connectivity index (χ1) is 9.38. The molecule has 0 unspecified atom stereocenters. The molecule has 0 atom stereocenters. The molecule has 0 aliphatic carbocycles. The van der Waals surface area contributed by atoms with Crippen LogP contribution >= 0.6 is 28.1 Å². The van der Waals surface area contributed by atoms with Crippen molar-refractivity contribution in [2.45, 2.75) is 0 Å². The number of hydrogen-bond acceptors (Lipinski definition) is 2. The van der Waals surface area contributed by atoms with Crippen LogP contribution in [0.5, 0.6) is 0 Å². The predicted molar refractivity (Wildman–Crippen MR) is 79.6 cm³/mol. The van der Waals surface area contributed by atoms with E-state index in [1.165, 1.54) is 0 Å². The maximum absolute atomic E-state index is 13.5. The first-order valence-corrected chi connectivity index (χ1v) is 6.59. The van der Waals surface area contributed by atoms with E-state index in [1.54, 1.807) is 18.2 Å². The van der Waals surface area contributed by atoms with E-state index in [0.717, 1.165) is 0 Å². The molecule has 0 radical (unpaired) electrons. The SMILES string of the molecule is NC(=S)c1ccc(Nc2c(F)cc(F)cc2F)cc1Br. The fraction of sp³-hybridized carbons (Fsp3) is 0. The molecule has 0 amide bonds. The highest BCUT2D eigenvalue weighted by Gasteiger charge is 2.12. The summed E-state index contributed by atoms with van der Waals surface area (Å²) < 4.78 is 40.4. The van der Waals surface area contributed by atoms with Crippen molar-refractivity contribution in [1.29, 1.82) is 0 Å². The quantitative estimate of drug-likeness (QED) is 0.803. The zero-order valence-electron chi connectivity index (χ0n) is 9.88. The molecule has 0 saturated heterocycles. The highest BCUT2D eigenvalue weighted by molar-refractivity contribution is 9.10. The van der Waals surface area contributed by atoms with Gasteiger partial charge in [0.05, 0.1) is 0 Å². The van der Waals surface area contributed by atoms with E-state index in [2.05, 4.69) is 21.2 Å². The summed E-state index contributed by atoms with van der Waals surface area (Å²) in [6.45, 7) is 0. The number of thiocarbonyl (C=S) groups is 1. The third kappa shape index (κ3) is 3.10. The van der Waals surface area contributed by atoms with Gasteiger partial charge in [-0.15, -0.1) is 0 Å². The molecule has 0 heterocycles. The van der Waals surface area contributed by atoms with Gasteiger partial charge in [-0.2, -0.15) is 0 Å². The number of rotatable bonds is 3. The Morgan fingerprint density at radius 3 is 2.20 bits per heavy atom. The number of nitrogens with one attached hydrogen (secondary N) is 1. The molecule has 0 aromatic heterocycles. The maximum atomic E-state index is 13.5. The summed E-state index contributed by atoms with van der Waals surface area (Å²) in [5, 5.41) is 2.54. The Morgan fingerprint density at radius 2 is 1.70 bits per heavy atom. The molecule has 0 bridgehead atoms. The summed E-state index contributed by atoms with van der Waals surface area (Å²) in [4.78, 5) is 0.197. The van der Waals surface area contributed by atoms with Crippen LogP contribution in [0.2, 0.25) is 0 Å². The van der Waals surface area contributed by atoms with Crippen LogP contribution in [-0.4, -0.2) is 4.99 Å². The molecule has 0 fully saturated rings. The standard InChI is InChI=1S/C13H8BrF3N2S/c14-9-5-7(1-2-8(9)13(18)20)19-12-10(16)3-6(15)4-11(12)17/h1-5,19H,(H2,18,20). The van der Waals surface area contributed by atoms with Crippen molar-refractivity contribution in [3.8, 4) is 0 Å². The zero-order chi connectivity index (χ0) is 14.9. The number of nitrogens with two attached hydrogens (primary N) is 1. The molecule has 2 aromatic rings. The molecule has 0 aliphatic rings. The van der Waals surface area contributed by atoms with E-state index < -0.39 is 23.1 Å². The molecule has 0 aliphatic heterocycles. The Balaban J connectivity index is 2.36. The molecule has 3 N–H and O–H groups in total. The topological polar surface area (TPSA) is 38.0 Å². The lowest BCUT2D eigenvalue weighted by atomic mass is 10.2. The van der Waals surface area contributed by atoms with E-state index in [1.807, 2.05) is 0 Å². The van der Waals surface area contributed by atoms with Gasteiger partial charge in [-0.05, 0) is 34.1 Å². The molecule has 7 heteroatoms. The Bertz CT molecular complexity index is 668. The molecular weight excluding hydrogens is 353 g/mol. The average molecular weight is 361 g/mol. The van der Waals surface area contributed by atoms with E-state index in [0.29, 0.717) is 27.9 Å². The van der Waals surface area contributed by atoms with Crippen molar-refractivity contribution in [2.24, 2.45) is 5.73 Å². The second-order valence-electron chi connectivity index (χ2n) is 3.93. The summed E-state index contributed by atoms with van der Waals surface area (Å²) in [5.41, 5.74) is 6.08. The fourth-order valence-corrected chi connectivity index (χ4v) is 2.50. The van der Waals surface area contributed by atoms with Gasteiger partial charge in [-0.1, -0.05) is 12.2 Å². The van der Waals surface area contributed by atoms with Crippen molar-refractivity contribution >= 4 is 44.5 Å². The Hall–Kier alpha value is -1.60. The second kappa shape index (κ2) is 5.80. The minimum absolute atomic E-state index is 0.197. The minimum Gasteiger partial charge on any atom is -0.389 e. The van der Waals surface area contributed by atoms with Crippen molar-refractivity contribution in [3.05, 3.63) is 57.8 Å². The lowest BCUT2D eigenvalue weighted by Gasteiger charge is -2.11. The van der Waals surface area contributed by atoms with Crippen molar-refractivity contribution < 1.29 is 13.2 Å². The number of hydrogen-bond donors (Lipinski definition) is 2. The van der Waals surface area contributed by atoms with Gasteiger partial charge in [0.2, 0.25) is 0 Å². The molecule has 0 saturated carbocycles. The third-order valence-corrected chi connectivity index (χ3v) is 3.39. The summed E-state index contributed by atoms with van der Waals surface area (Å²) in [6, 6.07) is 5.93. The van der Waals surface area contributed by atoms with Crippen LogP contribution in [0, 0.1) is 17.5 Å². The van der Waals surface area contributed by atoms with Crippen molar-refractivity contribution in [1.82, 2.24) is 0 Å². The van der Waals surface area contributed by atoms with Crippen LogP contribution in [0.25, 0.3) is 0 Å². The predicted octanol–water partition coefficient (Wildman–Crippen LogP) is 4.24. The van der Waals surface area contributed by atoms with Crippen LogP contribution < -0.4 is 11.1 Å². The first kappa shape index (κ1) is 14.8. The third-order valence-electron chi connectivity index (χ3n) is 2.51. The number of halogens is 4. The van der Waals surface area contributed by atoms with Gasteiger partial charge < -0.3 is 11.1 Å². The maximum Gasteiger partial charge on any atom is 0.152 e. The second-order valence-corrected chi connectivity index (χ2v) is 5.22. The molecule has 2 rings (SSSR count). The zero-order valence-corrected chi connectivity index (χ0v) is 12.3. The Kier molecular flexibility index (Phi) is 4.29. The van der Waals surface area contributed by atoms with Crippen molar-refractivity contribution in [3.63, 3.8) is 0 Å². The lowest BCUT2D eigenvalue weighted by Crippen LogP contribution is -2.10. The van der Waals surface area contributed by atoms with Crippen LogP contribution in [0.1, 0.15) is 5.56 Å². The normalized spacial score (nSPS) is 10.4. The van der Waals surface area contributed by atoms with Gasteiger partial charge in [0, 0.05) is 27.9 Å². The average Bonchev–Trinajstić information content (AvgIpc) is 2.33. The smallest absolute Gasteiger partial charge is 0.152 e. The van der Waals surface area contributed by atoms with Crippen LogP contribution in [0.3, 0.4) is 0 Å². The largest absolute Gasteiger partial charge is 0.389 e. The van der Waals surface area contributed by atoms with Crippen molar-refractivity contribution in [2.75, 3.05) is 5.32 Å². The van der Waals surface area contributed by atoms with E-state index in [9.17, 15) is 13.2 Å². The van der Waals surface area contributed by atoms with Crippen LogP contribution in [-0.2, 0) is 0 Å². The first-order valence-electron chi connectivity index (χ1n) is 5.39. The fourth-order valence-electron chi connectivity index (χ4n) is 1.60. The minimum atomic E-state index is -1.02. The van der Waals surface area contributed by atoms with E-state index >= 15 is 0 Å². The van der Waals surface area contributed by atoms with Gasteiger partial charge in [0.25, 0.3) is 0 Å². The Morgan fingerprint density at radius 1 is 1.10 bits per heavy atom. The van der Waals surface area contributed by atoms with E-state index in [-0.39, 0.29) is 4.99 Å². The monoisotopic (exact) mass is 360 g/mol. The van der Waals surface area contributed by atoms with Gasteiger partial charge >= 0.3 is 0 Å². The summed E-state index contributed by atoms with van der Waals surface area (Å²) in [6.07, 6.45) is 0. The molecule has 20 heavy (non-hydrogen) atoms. The summed E-state index contributed by atoms with van der Waals surface area (Å²) in [5.74, 6) is -3.01. The number of benzene rings is 2. The van der Waals surface area contributed by atoms with Crippen LogP contribution in [0.15, 0.2) is 34.8 Å². The van der Waals surface area contributed by atoms with Crippen LogP contribution in [0.4, 0.5) is 24.5 Å². The van der Waals surface area contributed by atoms with E-state index in [4.69, 9.17) is 18.0 Å². The molecular formula is C13H8BrF3N2S. The highest BCUT2D eigenvalue weighted by Crippen LogP contribution is 2.27. The Labute approximate surface area is 126 Å². The van der Waals surface area contributed by atoms with Gasteiger partial charge in [-0.25, -0.2) is 13.2 Å². The molecule has 2 aromatic carbocycles.